The first-order chi connectivity index (χ1) is 12.1. The molecule has 8 nitrogen and oxygen atoms in total. The Morgan fingerprint density at radius 3 is 3.00 bits per heavy atom. The van der Waals surface area contributed by atoms with Gasteiger partial charge < -0.3 is 14.9 Å². The van der Waals surface area contributed by atoms with Gasteiger partial charge in [0.15, 0.2) is 0 Å². The molecule has 3 rings (SSSR count). The quantitative estimate of drug-likeness (QED) is 0.789. The third-order valence-electron chi connectivity index (χ3n) is 4.50. The largest absolute Gasteiger partial charge is 0.386 e. The second-order valence-corrected chi connectivity index (χ2v) is 6.58. The number of likely N-dealkylation sites (N-methyl/N-ethyl adjacent to an activating group) is 1. The van der Waals surface area contributed by atoms with Crippen LogP contribution in [0.5, 0.6) is 0 Å². The lowest BCUT2D eigenvalue weighted by Crippen LogP contribution is -2.45. The third kappa shape index (κ3) is 4.54. The molecule has 0 spiro atoms. The minimum absolute atomic E-state index is 0.0403. The summed E-state index contributed by atoms with van der Waals surface area (Å²) < 4.78 is 1.82. The summed E-state index contributed by atoms with van der Waals surface area (Å²) in [6.45, 7) is 2.20. The topological polar surface area (TPSA) is 87.4 Å². The van der Waals surface area contributed by atoms with Crippen molar-refractivity contribution in [1.82, 2.24) is 24.6 Å². The van der Waals surface area contributed by atoms with E-state index in [9.17, 15) is 9.90 Å². The van der Waals surface area contributed by atoms with Crippen molar-refractivity contribution in [2.75, 3.05) is 31.6 Å². The lowest BCUT2D eigenvalue weighted by Gasteiger charge is -2.29. The summed E-state index contributed by atoms with van der Waals surface area (Å²) in [7, 11) is 1.75. The molecule has 25 heavy (non-hydrogen) atoms. The zero-order valence-electron chi connectivity index (χ0n) is 14.5. The van der Waals surface area contributed by atoms with Gasteiger partial charge in [-0.1, -0.05) is 0 Å². The van der Waals surface area contributed by atoms with Gasteiger partial charge in [-0.05, 0) is 18.9 Å². The molecule has 1 unspecified atom stereocenters. The van der Waals surface area contributed by atoms with Crippen molar-refractivity contribution in [3.8, 4) is 0 Å². The molecule has 3 heterocycles. The van der Waals surface area contributed by atoms with Crippen molar-refractivity contribution in [3.05, 3.63) is 37.1 Å². The second-order valence-electron chi connectivity index (χ2n) is 6.58. The van der Waals surface area contributed by atoms with Gasteiger partial charge in [0.1, 0.15) is 11.4 Å². The molecular weight excluding hydrogens is 320 g/mol. The number of carbonyl (C=O) groups is 1. The normalized spacial score (nSPS) is 20.0. The van der Waals surface area contributed by atoms with Gasteiger partial charge in [0.25, 0.3) is 0 Å². The van der Waals surface area contributed by atoms with Gasteiger partial charge >= 0.3 is 0 Å². The first kappa shape index (κ1) is 17.3. The lowest BCUT2D eigenvalue weighted by molar-refractivity contribution is -0.133. The van der Waals surface area contributed by atoms with Gasteiger partial charge in [0.05, 0.1) is 12.7 Å². The van der Waals surface area contributed by atoms with Crippen molar-refractivity contribution in [1.29, 1.82) is 0 Å². The summed E-state index contributed by atoms with van der Waals surface area (Å²) in [4.78, 5) is 24.3. The summed E-state index contributed by atoms with van der Waals surface area (Å²) >= 11 is 0. The zero-order valence-corrected chi connectivity index (χ0v) is 14.5. The molecule has 0 radical (unpaired) electrons. The maximum atomic E-state index is 12.3. The van der Waals surface area contributed by atoms with Gasteiger partial charge in [0.2, 0.25) is 5.91 Å². The Labute approximate surface area is 147 Å². The Bertz CT molecular complexity index is 678. The minimum Gasteiger partial charge on any atom is -0.386 e. The van der Waals surface area contributed by atoms with E-state index < -0.39 is 5.60 Å². The fraction of sp³-hybridized carbons (Fsp3) is 0.529. The number of aliphatic hydroxyl groups is 1. The Kier molecular flexibility index (Phi) is 5.28. The maximum absolute atomic E-state index is 12.3. The van der Waals surface area contributed by atoms with Crippen LogP contribution < -0.4 is 4.90 Å². The summed E-state index contributed by atoms with van der Waals surface area (Å²) in [6.07, 6.45) is 10.4. The van der Waals surface area contributed by atoms with Gasteiger partial charge in [-0.15, -0.1) is 0 Å². The Morgan fingerprint density at radius 1 is 1.40 bits per heavy atom. The molecule has 0 aliphatic carbocycles. The van der Waals surface area contributed by atoms with Gasteiger partial charge in [-0.2, -0.15) is 5.10 Å². The Morgan fingerprint density at radius 2 is 2.28 bits per heavy atom. The molecule has 0 saturated carbocycles. The van der Waals surface area contributed by atoms with E-state index in [0.29, 0.717) is 32.5 Å². The molecule has 1 fully saturated rings. The average Bonchev–Trinajstić information content (AvgIpc) is 3.25. The number of amides is 1. The van der Waals surface area contributed by atoms with Gasteiger partial charge in [0, 0.05) is 57.9 Å². The number of carbonyl (C=O) groups excluding carboxylic acids is 1. The second kappa shape index (κ2) is 7.60. The molecule has 1 aliphatic rings. The molecule has 2 aromatic heterocycles. The highest BCUT2D eigenvalue weighted by atomic mass is 16.3. The first-order valence-electron chi connectivity index (χ1n) is 8.50. The molecule has 134 valence electrons. The lowest BCUT2D eigenvalue weighted by atomic mass is 10.0. The number of anilines is 1. The highest BCUT2D eigenvalue weighted by Gasteiger charge is 2.38. The van der Waals surface area contributed by atoms with E-state index in [1.807, 2.05) is 21.8 Å². The summed E-state index contributed by atoms with van der Waals surface area (Å²) in [6, 6.07) is 1.87. The number of aromatic nitrogens is 4. The SMILES string of the molecule is CN(CC1(O)CCN(c2cnccn2)C1)C(=O)CCCn1cccn1. The van der Waals surface area contributed by atoms with Crippen molar-refractivity contribution in [2.45, 2.75) is 31.4 Å². The van der Waals surface area contributed by atoms with E-state index in [1.165, 1.54) is 0 Å². The predicted molar refractivity (Wildman–Crippen MR) is 92.9 cm³/mol. The molecule has 8 heteroatoms. The van der Waals surface area contributed by atoms with Crippen LogP contribution in [0.15, 0.2) is 37.1 Å². The number of nitrogens with zero attached hydrogens (tertiary/aromatic N) is 6. The van der Waals surface area contributed by atoms with Crippen LogP contribution in [0, 0.1) is 0 Å². The van der Waals surface area contributed by atoms with Crippen LogP contribution in [-0.2, 0) is 11.3 Å². The maximum Gasteiger partial charge on any atom is 0.222 e. The fourth-order valence-electron chi connectivity index (χ4n) is 3.18. The molecule has 1 atom stereocenters. The number of aryl methyl sites for hydroxylation is 1. The molecular formula is C17H24N6O2. The van der Waals surface area contributed by atoms with E-state index in [2.05, 4.69) is 15.1 Å². The van der Waals surface area contributed by atoms with Crippen molar-refractivity contribution in [2.24, 2.45) is 0 Å². The molecule has 1 saturated heterocycles. The standard InChI is InChI=1S/C17H24N6O2/c1-21(16(24)4-2-9-23-10-3-6-20-23)13-17(25)5-11-22(14-17)15-12-18-7-8-19-15/h3,6-8,10,12,25H,2,4-5,9,11,13-14H2,1H3. The number of hydrogen-bond donors (Lipinski definition) is 1. The fourth-order valence-corrected chi connectivity index (χ4v) is 3.18. The number of rotatable bonds is 7. The van der Waals surface area contributed by atoms with Crippen molar-refractivity contribution >= 4 is 11.7 Å². The molecule has 1 N–H and O–H groups in total. The van der Waals surface area contributed by atoms with E-state index in [4.69, 9.17) is 0 Å². The molecule has 0 bridgehead atoms. The monoisotopic (exact) mass is 344 g/mol. The van der Waals surface area contributed by atoms with Gasteiger partial charge in [-0.25, -0.2) is 4.98 Å². The van der Waals surface area contributed by atoms with Crippen LogP contribution in [0.2, 0.25) is 0 Å². The highest BCUT2D eigenvalue weighted by Crippen LogP contribution is 2.25. The summed E-state index contributed by atoms with van der Waals surface area (Å²) in [5.74, 6) is 0.796. The van der Waals surface area contributed by atoms with Crippen LogP contribution in [0.4, 0.5) is 5.82 Å². The minimum atomic E-state index is -0.913. The van der Waals surface area contributed by atoms with Crippen LogP contribution >= 0.6 is 0 Å². The highest BCUT2D eigenvalue weighted by molar-refractivity contribution is 5.75. The third-order valence-corrected chi connectivity index (χ3v) is 4.50. The smallest absolute Gasteiger partial charge is 0.222 e. The van der Waals surface area contributed by atoms with Crippen LogP contribution in [0.25, 0.3) is 0 Å². The van der Waals surface area contributed by atoms with Crippen LogP contribution in [0.3, 0.4) is 0 Å². The van der Waals surface area contributed by atoms with Crippen LogP contribution in [0.1, 0.15) is 19.3 Å². The van der Waals surface area contributed by atoms with E-state index in [1.54, 1.807) is 36.7 Å². The van der Waals surface area contributed by atoms with E-state index in [-0.39, 0.29) is 5.91 Å². The molecule has 0 aromatic carbocycles. The number of hydrogen-bond acceptors (Lipinski definition) is 6. The molecule has 2 aromatic rings. The van der Waals surface area contributed by atoms with Gasteiger partial charge in [-0.3, -0.25) is 14.5 Å². The average molecular weight is 344 g/mol. The molecule has 1 aliphatic heterocycles. The van der Waals surface area contributed by atoms with Crippen molar-refractivity contribution < 1.29 is 9.90 Å². The Balaban J connectivity index is 1.46. The van der Waals surface area contributed by atoms with Crippen LogP contribution in [-0.4, -0.2) is 67.9 Å². The summed E-state index contributed by atoms with van der Waals surface area (Å²) in [5, 5.41) is 14.9. The van der Waals surface area contributed by atoms with Crippen molar-refractivity contribution in [3.63, 3.8) is 0 Å². The predicted octanol–water partition coefficient (Wildman–Crippen LogP) is 0.553. The van der Waals surface area contributed by atoms with E-state index >= 15 is 0 Å². The Hall–Kier alpha value is -2.48. The number of β-amino-alcohol motifs (C(OH)–C–C–N with tert-alkyl or cyclic N) is 1. The molecule has 1 amide bonds. The van der Waals surface area contributed by atoms with E-state index in [0.717, 1.165) is 18.8 Å². The summed E-state index contributed by atoms with van der Waals surface area (Å²) in [5.41, 5.74) is -0.913. The zero-order chi connectivity index (χ0) is 17.7. The first-order valence-corrected chi connectivity index (χ1v) is 8.50.